The molecule has 0 aromatic carbocycles. The summed E-state index contributed by atoms with van der Waals surface area (Å²) in [6.45, 7) is 3.52. The van der Waals surface area contributed by atoms with Gasteiger partial charge in [-0.1, -0.05) is 11.6 Å². The largest absolute Gasteiger partial charge is 0.493 e. The van der Waals surface area contributed by atoms with Gasteiger partial charge in [0.15, 0.2) is 11.4 Å². The molecule has 0 aliphatic rings. The zero-order valence-electron chi connectivity index (χ0n) is 10.9. The molecule has 2 heterocycles. The lowest BCUT2D eigenvalue weighted by Crippen LogP contribution is -2.28. The minimum atomic E-state index is -0.757. The molecule has 19 heavy (non-hydrogen) atoms. The van der Waals surface area contributed by atoms with E-state index >= 15 is 0 Å². The second-order valence-electron chi connectivity index (χ2n) is 4.60. The van der Waals surface area contributed by atoms with Crippen LogP contribution in [0.4, 0.5) is 0 Å². The number of methoxy groups -OCH3 is 1. The zero-order chi connectivity index (χ0) is 14.0. The molecule has 100 valence electrons. The number of nitrogens with zero attached hydrogens (tertiary/aromatic N) is 3. The lowest BCUT2D eigenvalue weighted by Gasteiger charge is -2.16. The Morgan fingerprint density at radius 2 is 2.16 bits per heavy atom. The van der Waals surface area contributed by atoms with Gasteiger partial charge in [-0.25, -0.2) is 0 Å². The summed E-state index contributed by atoms with van der Waals surface area (Å²) < 4.78 is 6.82. The van der Waals surface area contributed by atoms with Crippen LogP contribution in [0.5, 0.6) is 5.75 Å². The molecule has 0 aliphatic heterocycles. The van der Waals surface area contributed by atoms with Crippen molar-refractivity contribution < 1.29 is 9.53 Å². The van der Waals surface area contributed by atoms with Gasteiger partial charge in [-0.2, -0.15) is 5.10 Å². The molecule has 2 aromatic rings. The molecule has 0 atom stereocenters. The first kappa shape index (κ1) is 13.5. The van der Waals surface area contributed by atoms with E-state index in [1.54, 1.807) is 43.1 Å². The summed E-state index contributed by atoms with van der Waals surface area (Å²) in [6, 6.07) is 3.47. The van der Waals surface area contributed by atoms with E-state index in [1.165, 1.54) is 7.11 Å². The second-order valence-corrected chi connectivity index (χ2v) is 5.00. The summed E-state index contributed by atoms with van der Waals surface area (Å²) in [4.78, 5) is 15.3. The fourth-order valence-electron chi connectivity index (χ4n) is 1.58. The van der Waals surface area contributed by atoms with Gasteiger partial charge in [0.05, 0.1) is 18.3 Å². The maximum atomic E-state index is 11.1. The highest BCUT2D eigenvalue weighted by Crippen LogP contribution is 2.32. The zero-order valence-corrected chi connectivity index (χ0v) is 11.7. The van der Waals surface area contributed by atoms with Crippen LogP contribution in [0.2, 0.25) is 5.02 Å². The Morgan fingerprint density at radius 1 is 1.42 bits per heavy atom. The fraction of sp³-hybridized carbons (Fsp3) is 0.308. The number of pyridine rings is 1. The van der Waals surface area contributed by atoms with Crippen LogP contribution in [0.1, 0.15) is 13.8 Å². The highest BCUT2D eigenvalue weighted by molar-refractivity contribution is 6.33. The molecule has 0 spiro atoms. The number of aromatic nitrogens is 3. The third kappa shape index (κ3) is 2.46. The summed E-state index contributed by atoms with van der Waals surface area (Å²) in [5.74, 6) is 0.524. The van der Waals surface area contributed by atoms with Crippen molar-refractivity contribution in [2.75, 3.05) is 7.11 Å². The van der Waals surface area contributed by atoms with Crippen LogP contribution < -0.4 is 4.74 Å². The molecule has 6 heteroatoms. The van der Waals surface area contributed by atoms with Gasteiger partial charge >= 0.3 is 0 Å². The summed E-state index contributed by atoms with van der Waals surface area (Å²) in [7, 11) is 1.54. The van der Waals surface area contributed by atoms with Gasteiger partial charge in [0.25, 0.3) is 0 Å². The number of aldehydes is 1. The Balaban J connectivity index is 2.59. The molecule has 5 nitrogen and oxygen atoms in total. The van der Waals surface area contributed by atoms with Crippen molar-refractivity contribution in [2.24, 2.45) is 0 Å². The molecule has 0 fully saturated rings. The number of halogens is 1. The van der Waals surface area contributed by atoms with E-state index in [-0.39, 0.29) is 0 Å². The van der Waals surface area contributed by atoms with Gasteiger partial charge in [0.1, 0.15) is 17.5 Å². The highest BCUT2D eigenvalue weighted by Gasteiger charge is 2.24. The minimum Gasteiger partial charge on any atom is -0.493 e. The van der Waals surface area contributed by atoms with Gasteiger partial charge in [0, 0.05) is 6.20 Å². The monoisotopic (exact) mass is 279 g/mol. The molecule has 0 bridgehead atoms. The standard InChI is InChI=1S/C13H14ClN3O2/c1-13(2,8-18)17-7-10(19-3)12(16-17)11-9(14)5-4-6-15-11/h4-8H,1-3H3. The summed E-state index contributed by atoms with van der Waals surface area (Å²) in [5.41, 5.74) is 0.289. The van der Waals surface area contributed by atoms with Crippen molar-refractivity contribution in [1.29, 1.82) is 0 Å². The molecule has 0 aliphatic carbocycles. The predicted octanol–water partition coefficient (Wildman–Crippen LogP) is 2.54. The number of rotatable bonds is 4. The van der Waals surface area contributed by atoms with Crippen molar-refractivity contribution in [3.63, 3.8) is 0 Å². The van der Waals surface area contributed by atoms with E-state index in [0.717, 1.165) is 6.29 Å². The van der Waals surface area contributed by atoms with E-state index in [1.807, 2.05) is 0 Å². The summed E-state index contributed by atoms with van der Waals surface area (Å²) in [5, 5.41) is 4.85. The van der Waals surface area contributed by atoms with Crippen LogP contribution in [0.15, 0.2) is 24.5 Å². The summed E-state index contributed by atoms with van der Waals surface area (Å²) in [6.07, 6.45) is 4.11. The Kier molecular flexibility index (Phi) is 3.57. The Labute approximate surface area is 116 Å². The number of carbonyl (C=O) groups is 1. The Bertz CT molecular complexity index is 608. The molecule has 0 N–H and O–H groups in total. The van der Waals surface area contributed by atoms with Gasteiger partial charge in [-0.05, 0) is 26.0 Å². The molecular formula is C13H14ClN3O2. The lowest BCUT2D eigenvalue weighted by molar-refractivity contribution is -0.114. The summed E-state index contributed by atoms with van der Waals surface area (Å²) >= 11 is 6.11. The lowest BCUT2D eigenvalue weighted by atomic mass is 10.1. The van der Waals surface area contributed by atoms with Crippen molar-refractivity contribution in [3.05, 3.63) is 29.5 Å². The van der Waals surface area contributed by atoms with Crippen LogP contribution >= 0.6 is 11.6 Å². The van der Waals surface area contributed by atoms with Gasteiger partial charge in [0.2, 0.25) is 0 Å². The maximum Gasteiger partial charge on any atom is 0.166 e. The maximum absolute atomic E-state index is 11.1. The van der Waals surface area contributed by atoms with Gasteiger partial charge in [-0.15, -0.1) is 0 Å². The molecule has 0 saturated carbocycles. The molecule has 0 radical (unpaired) electrons. The Hall–Kier alpha value is -1.88. The first-order chi connectivity index (χ1) is 8.99. The van der Waals surface area contributed by atoms with Crippen LogP contribution in [-0.2, 0) is 10.3 Å². The van der Waals surface area contributed by atoms with Crippen LogP contribution in [-0.4, -0.2) is 28.2 Å². The Morgan fingerprint density at radius 3 is 2.74 bits per heavy atom. The van der Waals surface area contributed by atoms with E-state index in [0.29, 0.717) is 22.2 Å². The van der Waals surface area contributed by atoms with Gasteiger partial charge < -0.3 is 9.53 Å². The highest BCUT2D eigenvalue weighted by atomic mass is 35.5. The van der Waals surface area contributed by atoms with Crippen molar-refractivity contribution in [1.82, 2.24) is 14.8 Å². The topological polar surface area (TPSA) is 57.0 Å². The smallest absolute Gasteiger partial charge is 0.166 e. The van der Waals surface area contributed by atoms with Gasteiger partial charge in [-0.3, -0.25) is 9.67 Å². The predicted molar refractivity (Wildman–Crippen MR) is 72.4 cm³/mol. The van der Waals surface area contributed by atoms with E-state index in [2.05, 4.69) is 10.1 Å². The van der Waals surface area contributed by atoms with Crippen molar-refractivity contribution >= 4 is 17.9 Å². The second kappa shape index (κ2) is 5.01. The van der Waals surface area contributed by atoms with Crippen LogP contribution in [0.3, 0.4) is 0 Å². The number of carbonyl (C=O) groups excluding carboxylic acids is 1. The van der Waals surface area contributed by atoms with E-state index in [9.17, 15) is 4.79 Å². The number of ether oxygens (including phenoxy) is 1. The average Bonchev–Trinajstić information content (AvgIpc) is 2.84. The van der Waals surface area contributed by atoms with E-state index < -0.39 is 5.54 Å². The van der Waals surface area contributed by atoms with Crippen LogP contribution in [0, 0.1) is 0 Å². The minimum absolute atomic E-state index is 0.481. The molecular weight excluding hydrogens is 266 g/mol. The van der Waals surface area contributed by atoms with Crippen molar-refractivity contribution in [3.8, 4) is 17.1 Å². The first-order valence-electron chi connectivity index (χ1n) is 5.71. The molecule has 2 rings (SSSR count). The normalized spacial score (nSPS) is 11.4. The number of hydrogen-bond acceptors (Lipinski definition) is 4. The third-order valence-corrected chi connectivity index (χ3v) is 3.07. The molecule has 0 unspecified atom stereocenters. The first-order valence-corrected chi connectivity index (χ1v) is 6.08. The quantitative estimate of drug-likeness (QED) is 0.807. The molecule has 0 amide bonds. The molecule has 0 saturated heterocycles. The third-order valence-electron chi connectivity index (χ3n) is 2.76. The van der Waals surface area contributed by atoms with E-state index in [4.69, 9.17) is 16.3 Å². The van der Waals surface area contributed by atoms with Crippen molar-refractivity contribution in [2.45, 2.75) is 19.4 Å². The van der Waals surface area contributed by atoms with Crippen LogP contribution in [0.25, 0.3) is 11.4 Å². The SMILES string of the molecule is COc1cn(C(C)(C)C=O)nc1-c1ncccc1Cl. The molecule has 2 aromatic heterocycles. The number of hydrogen-bond donors (Lipinski definition) is 0. The average molecular weight is 280 g/mol. The fourth-order valence-corrected chi connectivity index (χ4v) is 1.79.